The molecule has 0 fully saturated rings. The van der Waals surface area contributed by atoms with Gasteiger partial charge in [-0.05, 0) is 17.7 Å². The summed E-state index contributed by atoms with van der Waals surface area (Å²) in [4.78, 5) is 0. The molecule has 0 aliphatic carbocycles. The molecule has 1 aliphatic rings. The fraction of sp³-hybridized carbons (Fsp3) is 0.250. The molecule has 1 heterocycles. The molecular formula is C8H8ClNO. The molecule has 58 valence electrons. The van der Waals surface area contributed by atoms with E-state index in [0.29, 0.717) is 11.4 Å². The molecule has 0 saturated heterocycles. The van der Waals surface area contributed by atoms with Crippen molar-refractivity contribution in [3.8, 4) is 0 Å². The lowest BCUT2D eigenvalue weighted by Crippen LogP contribution is -2.12. The van der Waals surface area contributed by atoms with E-state index in [1.165, 1.54) is 0 Å². The Kier molecular flexibility index (Phi) is 1.51. The molecule has 3 heteroatoms. The Labute approximate surface area is 69.8 Å². The number of halogens is 1. The first kappa shape index (κ1) is 6.95. The number of rotatable bonds is 0. The maximum Gasteiger partial charge on any atom is 0.128 e. The van der Waals surface area contributed by atoms with E-state index in [1.807, 2.05) is 18.2 Å². The largest absolute Gasteiger partial charge is 0.373 e. The monoisotopic (exact) mass is 169 g/mol. The second kappa shape index (κ2) is 2.40. The summed E-state index contributed by atoms with van der Waals surface area (Å²) in [7, 11) is 0. The highest BCUT2D eigenvalue weighted by Crippen LogP contribution is 2.27. The van der Waals surface area contributed by atoms with Gasteiger partial charge in [-0.25, -0.2) is 0 Å². The number of fused-ring (bicyclic) bond motifs is 1. The fourth-order valence-corrected chi connectivity index (χ4v) is 1.47. The van der Waals surface area contributed by atoms with Crippen molar-refractivity contribution in [2.75, 3.05) is 5.32 Å². The van der Waals surface area contributed by atoms with Crippen molar-refractivity contribution in [3.05, 3.63) is 28.8 Å². The topological polar surface area (TPSA) is 32.3 Å². The average Bonchev–Trinajstić information content (AvgIpc) is 2.27. The van der Waals surface area contributed by atoms with Gasteiger partial charge in [0.1, 0.15) is 6.23 Å². The van der Waals surface area contributed by atoms with Crippen molar-refractivity contribution in [1.82, 2.24) is 0 Å². The molecule has 0 spiro atoms. The summed E-state index contributed by atoms with van der Waals surface area (Å²) >= 11 is 5.75. The zero-order valence-corrected chi connectivity index (χ0v) is 6.60. The Morgan fingerprint density at radius 3 is 3.18 bits per heavy atom. The minimum absolute atomic E-state index is 0.441. The highest BCUT2D eigenvalue weighted by Gasteiger charge is 2.17. The summed E-state index contributed by atoms with van der Waals surface area (Å²) in [5, 5.41) is 12.8. The van der Waals surface area contributed by atoms with Crippen LogP contribution in [-0.2, 0) is 6.42 Å². The van der Waals surface area contributed by atoms with Crippen LogP contribution in [0.25, 0.3) is 0 Å². The van der Waals surface area contributed by atoms with Gasteiger partial charge in [0.25, 0.3) is 0 Å². The van der Waals surface area contributed by atoms with Crippen LogP contribution in [0.5, 0.6) is 0 Å². The molecule has 2 N–H and O–H groups in total. The molecule has 0 aromatic heterocycles. The molecule has 11 heavy (non-hydrogen) atoms. The molecular weight excluding hydrogens is 162 g/mol. The van der Waals surface area contributed by atoms with E-state index >= 15 is 0 Å². The van der Waals surface area contributed by atoms with Crippen molar-refractivity contribution in [1.29, 1.82) is 0 Å². The predicted octanol–water partition coefficient (Wildman–Crippen LogP) is 1.63. The third-order valence-corrected chi connectivity index (χ3v) is 2.04. The average molecular weight is 170 g/mol. The first-order chi connectivity index (χ1) is 5.25. The lowest BCUT2D eigenvalue weighted by Gasteiger charge is -2.00. The summed E-state index contributed by atoms with van der Waals surface area (Å²) in [5.41, 5.74) is 2.08. The number of nitrogens with one attached hydrogen (secondary N) is 1. The molecule has 0 amide bonds. The third kappa shape index (κ3) is 1.19. The van der Waals surface area contributed by atoms with E-state index in [0.717, 1.165) is 11.3 Å². The van der Waals surface area contributed by atoms with E-state index in [2.05, 4.69) is 5.32 Å². The predicted molar refractivity (Wildman–Crippen MR) is 44.8 cm³/mol. The second-order valence-corrected chi connectivity index (χ2v) is 3.10. The summed E-state index contributed by atoms with van der Waals surface area (Å²) in [6.45, 7) is 0. The Morgan fingerprint density at radius 1 is 1.55 bits per heavy atom. The minimum Gasteiger partial charge on any atom is -0.373 e. The molecule has 0 bridgehead atoms. The van der Waals surface area contributed by atoms with E-state index in [1.54, 1.807) is 0 Å². The first-order valence-electron chi connectivity index (χ1n) is 3.49. The number of aliphatic hydroxyl groups is 1. The van der Waals surface area contributed by atoms with Crippen LogP contribution in [0.4, 0.5) is 5.69 Å². The lowest BCUT2D eigenvalue weighted by atomic mass is 10.2. The Hall–Kier alpha value is -0.730. The molecule has 0 radical (unpaired) electrons. The lowest BCUT2D eigenvalue weighted by molar-refractivity contribution is 0.212. The third-order valence-electron chi connectivity index (χ3n) is 1.81. The van der Waals surface area contributed by atoms with Crippen LogP contribution in [0, 0.1) is 0 Å². The first-order valence-corrected chi connectivity index (χ1v) is 3.86. The van der Waals surface area contributed by atoms with Gasteiger partial charge in [0.05, 0.1) is 0 Å². The van der Waals surface area contributed by atoms with Crippen LogP contribution in [0.3, 0.4) is 0 Å². The summed E-state index contributed by atoms with van der Waals surface area (Å²) < 4.78 is 0. The number of anilines is 1. The zero-order valence-electron chi connectivity index (χ0n) is 5.84. The SMILES string of the molecule is OC1Cc2ccc(Cl)cc2N1. The Balaban J connectivity index is 2.43. The number of aliphatic hydroxyl groups excluding tert-OH is 1. The van der Waals surface area contributed by atoms with E-state index in [4.69, 9.17) is 11.6 Å². The van der Waals surface area contributed by atoms with Gasteiger partial charge < -0.3 is 10.4 Å². The van der Waals surface area contributed by atoms with Crippen LogP contribution in [0.15, 0.2) is 18.2 Å². The number of benzene rings is 1. The van der Waals surface area contributed by atoms with Gasteiger partial charge in [0, 0.05) is 17.1 Å². The highest BCUT2D eigenvalue weighted by atomic mass is 35.5. The molecule has 2 rings (SSSR count). The van der Waals surface area contributed by atoms with Gasteiger partial charge in [-0.15, -0.1) is 0 Å². The molecule has 2 nitrogen and oxygen atoms in total. The van der Waals surface area contributed by atoms with Gasteiger partial charge in [-0.1, -0.05) is 17.7 Å². The van der Waals surface area contributed by atoms with E-state index < -0.39 is 6.23 Å². The van der Waals surface area contributed by atoms with Crippen LogP contribution >= 0.6 is 11.6 Å². The van der Waals surface area contributed by atoms with Crippen LogP contribution < -0.4 is 5.32 Å². The van der Waals surface area contributed by atoms with Crippen LogP contribution in [-0.4, -0.2) is 11.3 Å². The van der Waals surface area contributed by atoms with Gasteiger partial charge in [-0.2, -0.15) is 0 Å². The highest BCUT2D eigenvalue weighted by molar-refractivity contribution is 6.30. The maximum atomic E-state index is 9.19. The summed E-state index contributed by atoms with van der Waals surface area (Å²) in [5.74, 6) is 0. The second-order valence-electron chi connectivity index (χ2n) is 2.67. The quantitative estimate of drug-likeness (QED) is 0.619. The van der Waals surface area contributed by atoms with Crippen molar-refractivity contribution in [3.63, 3.8) is 0 Å². The smallest absolute Gasteiger partial charge is 0.128 e. The molecule has 1 aromatic carbocycles. The van der Waals surface area contributed by atoms with Gasteiger partial charge in [0.15, 0.2) is 0 Å². The normalized spacial score (nSPS) is 21.1. The standard InChI is InChI=1S/C8H8ClNO/c9-6-2-1-5-3-8(11)10-7(5)4-6/h1-2,4,8,10-11H,3H2. The Bertz CT molecular complexity index is 287. The van der Waals surface area contributed by atoms with E-state index in [-0.39, 0.29) is 0 Å². The van der Waals surface area contributed by atoms with Gasteiger partial charge in [-0.3, -0.25) is 0 Å². The molecule has 1 atom stereocenters. The van der Waals surface area contributed by atoms with Crippen LogP contribution in [0.1, 0.15) is 5.56 Å². The molecule has 1 aliphatic heterocycles. The van der Waals surface area contributed by atoms with Crippen molar-refractivity contribution in [2.24, 2.45) is 0 Å². The molecule has 0 saturated carbocycles. The van der Waals surface area contributed by atoms with Crippen molar-refractivity contribution < 1.29 is 5.11 Å². The van der Waals surface area contributed by atoms with E-state index in [9.17, 15) is 5.11 Å². The minimum atomic E-state index is -0.441. The van der Waals surface area contributed by atoms with Crippen molar-refractivity contribution >= 4 is 17.3 Å². The number of hydrogen-bond donors (Lipinski definition) is 2. The Morgan fingerprint density at radius 2 is 2.36 bits per heavy atom. The molecule has 1 aromatic rings. The zero-order chi connectivity index (χ0) is 7.84. The maximum absolute atomic E-state index is 9.19. The fourth-order valence-electron chi connectivity index (χ4n) is 1.30. The van der Waals surface area contributed by atoms with Gasteiger partial charge >= 0.3 is 0 Å². The summed E-state index contributed by atoms with van der Waals surface area (Å²) in [6, 6.07) is 5.59. The molecule has 1 unspecified atom stereocenters. The number of hydrogen-bond acceptors (Lipinski definition) is 2. The van der Waals surface area contributed by atoms with Crippen molar-refractivity contribution in [2.45, 2.75) is 12.6 Å². The summed E-state index contributed by atoms with van der Waals surface area (Å²) in [6.07, 6.45) is 0.232. The van der Waals surface area contributed by atoms with Gasteiger partial charge in [0.2, 0.25) is 0 Å². The van der Waals surface area contributed by atoms with Crippen LogP contribution in [0.2, 0.25) is 5.02 Å².